The van der Waals surface area contributed by atoms with Crippen LogP contribution in [0.3, 0.4) is 0 Å². The molecule has 2 nitrogen and oxygen atoms in total. The van der Waals surface area contributed by atoms with Crippen molar-refractivity contribution in [3.05, 3.63) is 174 Å². The van der Waals surface area contributed by atoms with E-state index in [4.69, 9.17) is 0 Å². The molecule has 8 aromatic carbocycles. The van der Waals surface area contributed by atoms with E-state index in [0.717, 1.165) is 19.4 Å². The van der Waals surface area contributed by atoms with E-state index in [9.17, 15) is 0 Å². The number of rotatable bonds is 4. The molecule has 3 heterocycles. The van der Waals surface area contributed by atoms with Crippen LogP contribution in [0.5, 0.6) is 0 Å². The minimum absolute atomic E-state index is 0.0503. The van der Waals surface area contributed by atoms with Crippen LogP contribution in [0.15, 0.2) is 152 Å². The standard InChI is InChI=1S/C57H49BN2S/c1-55(2)27-28-56(3,4)45-33-48(59-38-25-23-35(24-26-38)34-15-8-7-9-16-34)40(32-44(45)55)41-31-42-39-19-12-13-22-50(39)61-54(42)53-51(41)58-47-21-14-20-43-52(47)60(53)49-30-37-18-11-10-17-36(37)29-46(49)57(43,5)6/h7-26,29-33,58-59H,27-28H2,1-6H3. The van der Waals surface area contributed by atoms with Gasteiger partial charge in [-0.05, 0) is 127 Å². The average molecular weight is 805 g/mol. The van der Waals surface area contributed by atoms with Gasteiger partial charge in [0, 0.05) is 43.5 Å². The van der Waals surface area contributed by atoms with Crippen LogP contribution in [-0.2, 0) is 16.2 Å². The number of thiophene rings is 1. The van der Waals surface area contributed by atoms with Gasteiger partial charge in [0.25, 0.3) is 0 Å². The predicted octanol–water partition coefficient (Wildman–Crippen LogP) is 14.4. The molecule has 9 aromatic rings. The van der Waals surface area contributed by atoms with Crippen molar-refractivity contribution in [2.75, 3.05) is 10.2 Å². The smallest absolute Gasteiger partial charge is 0.198 e. The average Bonchev–Trinajstić information content (AvgIpc) is 3.65. The zero-order valence-corrected chi connectivity index (χ0v) is 36.7. The normalized spacial score (nSPS) is 16.4. The molecule has 1 aliphatic carbocycles. The lowest BCUT2D eigenvalue weighted by Crippen LogP contribution is -2.45. The fourth-order valence-corrected chi connectivity index (χ4v) is 12.4. The Morgan fingerprint density at radius 1 is 0.541 bits per heavy atom. The Morgan fingerprint density at radius 2 is 1.21 bits per heavy atom. The highest BCUT2D eigenvalue weighted by molar-refractivity contribution is 7.26. The molecule has 1 aromatic heterocycles. The van der Waals surface area contributed by atoms with Gasteiger partial charge >= 0.3 is 0 Å². The molecular weight excluding hydrogens is 756 g/mol. The number of benzene rings is 8. The summed E-state index contributed by atoms with van der Waals surface area (Å²) in [6.45, 7) is 14.7. The summed E-state index contributed by atoms with van der Waals surface area (Å²) in [5.74, 6) is 0. The van der Waals surface area contributed by atoms with Crippen molar-refractivity contribution < 1.29 is 0 Å². The van der Waals surface area contributed by atoms with Crippen molar-refractivity contribution in [3.8, 4) is 22.3 Å². The maximum absolute atomic E-state index is 4.05. The molecule has 1 N–H and O–H groups in total. The van der Waals surface area contributed by atoms with Crippen molar-refractivity contribution >= 4 is 88.9 Å². The molecule has 4 heteroatoms. The number of nitrogens with zero attached hydrogens (tertiary/aromatic N) is 1. The quantitative estimate of drug-likeness (QED) is 0.178. The third-order valence-electron chi connectivity index (χ3n) is 14.7. The minimum Gasteiger partial charge on any atom is -0.355 e. The van der Waals surface area contributed by atoms with Crippen LogP contribution < -0.4 is 21.1 Å². The van der Waals surface area contributed by atoms with Crippen LogP contribution in [-0.4, -0.2) is 7.28 Å². The maximum Gasteiger partial charge on any atom is 0.198 e. The van der Waals surface area contributed by atoms with Crippen molar-refractivity contribution in [3.63, 3.8) is 0 Å². The van der Waals surface area contributed by atoms with Crippen LogP contribution in [0.2, 0.25) is 0 Å². The molecule has 0 unspecified atom stereocenters. The second kappa shape index (κ2) is 13.0. The second-order valence-corrected chi connectivity index (χ2v) is 20.7. The van der Waals surface area contributed by atoms with E-state index in [-0.39, 0.29) is 16.2 Å². The van der Waals surface area contributed by atoms with E-state index in [0.29, 0.717) is 0 Å². The zero-order valence-electron chi connectivity index (χ0n) is 35.9. The van der Waals surface area contributed by atoms with Gasteiger partial charge in [0.15, 0.2) is 7.28 Å². The van der Waals surface area contributed by atoms with Crippen LogP contribution in [0.25, 0.3) is 53.2 Å². The summed E-state index contributed by atoms with van der Waals surface area (Å²) >= 11 is 1.95. The summed E-state index contributed by atoms with van der Waals surface area (Å²) in [6, 6.07) is 57.3. The second-order valence-electron chi connectivity index (χ2n) is 19.7. The summed E-state index contributed by atoms with van der Waals surface area (Å²) in [5, 5.41) is 9.28. The molecule has 0 atom stereocenters. The van der Waals surface area contributed by atoms with E-state index < -0.39 is 0 Å². The Labute approximate surface area is 364 Å². The van der Waals surface area contributed by atoms with Crippen LogP contribution in [0.1, 0.15) is 76.6 Å². The molecule has 12 rings (SSSR count). The molecule has 2 aliphatic heterocycles. The number of fused-ring (bicyclic) bond motifs is 10. The van der Waals surface area contributed by atoms with Gasteiger partial charge in [0.05, 0.1) is 16.1 Å². The summed E-state index contributed by atoms with van der Waals surface area (Å²) < 4.78 is 2.70. The number of para-hydroxylation sites is 1. The van der Waals surface area contributed by atoms with Crippen LogP contribution >= 0.6 is 11.3 Å². The molecule has 0 spiro atoms. The molecule has 0 saturated heterocycles. The number of hydrogen-bond donors (Lipinski definition) is 1. The fraction of sp³-hybridized carbons (Fsp3) is 0.193. The third kappa shape index (κ3) is 5.47. The summed E-state index contributed by atoms with van der Waals surface area (Å²) in [4.78, 5) is 2.69. The Bertz CT molecular complexity index is 3280. The van der Waals surface area contributed by atoms with Gasteiger partial charge in [-0.25, -0.2) is 0 Å². The van der Waals surface area contributed by atoms with E-state index in [1.807, 2.05) is 11.3 Å². The SMILES string of the molecule is CC1(C)CCC(C)(C)c2cc(-c3cc4c(sc5ccccc54)c4c3Bc3cccc5c3N4c3cc4ccccc4cc3C5(C)C)c(Nc3ccc(-c4ccccc4)cc3)cc21. The first-order valence-electron chi connectivity index (χ1n) is 22.0. The number of nitrogens with one attached hydrogen (secondary N) is 1. The Hall–Kier alpha value is -6.10. The fourth-order valence-electron chi connectivity index (χ4n) is 11.1. The Kier molecular flexibility index (Phi) is 7.80. The highest BCUT2D eigenvalue weighted by Crippen LogP contribution is 2.57. The summed E-state index contributed by atoms with van der Waals surface area (Å²) in [7, 11) is 0.866. The summed E-state index contributed by atoms with van der Waals surface area (Å²) in [5.41, 5.74) is 19.8. The van der Waals surface area contributed by atoms with Gasteiger partial charge in [0.1, 0.15) is 0 Å². The van der Waals surface area contributed by atoms with Gasteiger partial charge in [-0.3, -0.25) is 0 Å². The maximum atomic E-state index is 4.05. The molecule has 61 heavy (non-hydrogen) atoms. The predicted molar refractivity (Wildman–Crippen MR) is 266 cm³/mol. The molecule has 296 valence electrons. The molecule has 3 aliphatic rings. The first kappa shape index (κ1) is 36.7. The zero-order chi connectivity index (χ0) is 41.4. The van der Waals surface area contributed by atoms with E-state index in [2.05, 4.69) is 203 Å². The van der Waals surface area contributed by atoms with E-state index in [1.165, 1.54) is 116 Å². The van der Waals surface area contributed by atoms with Gasteiger partial charge in [0.2, 0.25) is 0 Å². The summed E-state index contributed by atoms with van der Waals surface area (Å²) in [6.07, 6.45) is 2.33. The van der Waals surface area contributed by atoms with E-state index >= 15 is 0 Å². The third-order valence-corrected chi connectivity index (χ3v) is 15.9. The van der Waals surface area contributed by atoms with Crippen molar-refractivity contribution in [1.82, 2.24) is 0 Å². The topological polar surface area (TPSA) is 15.3 Å². The molecule has 0 bridgehead atoms. The van der Waals surface area contributed by atoms with Crippen LogP contribution in [0, 0.1) is 0 Å². The Balaban J connectivity index is 1.16. The van der Waals surface area contributed by atoms with Crippen molar-refractivity contribution in [1.29, 1.82) is 0 Å². The lowest BCUT2D eigenvalue weighted by molar-refractivity contribution is 0.332. The highest BCUT2D eigenvalue weighted by atomic mass is 32.1. The van der Waals surface area contributed by atoms with Crippen LogP contribution in [0.4, 0.5) is 28.4 Å². The van der Waals surface area contributed by atoms with Crippen molar-refractivity contribution in [2.24, 2.45) is 0 Å². The van der Waals surface area contributed by atoms with E-state index in [1.54, 1.807) is 0 Å². The van der Waals surface area contributed by atoms with Gasteiger partial charge in [-0.2, -0.15) is 0 Å². The molecule has 0 radical (unpaired) electrons. The number of anilines is 5. The Morgan fingerprint density at radius 3 is 1.98 bits per heavy atom. The lowest BCUT2D eigenvalue weighted by Gasteiger charge is -2.46. The molecule has 0 fully saturated rings. The minimum atomic E-state index is -0.167. The number of hydrogen-bond acceptors (Lipinski definition) is 3. The van der Waals surface area contributed by atoms with Gasteiger partial charge in [-0.15, -0.1) is 11.3 Å². The largest absolute Gasteiger partial charge is 0.355 e. The highest BCUT2D eigenvalue weighted by Gasteiger charge is 2.43. The molecule has 0 amide bonds. The molecular formula is C57H49BN2S. The lowest BCUT2D eigenvalue weighted by atomic mass is 9.55. The first-order chi connectivity index (χ1) is 29.5. The monoisotopic (exact) mass is 804 g/mol. The van der Waals surface area contributed by atoms with Gasteiger partial charge < -0.3 is 10.2 Å². The molecule has 0 saturated carbocycles. The first-order valence-corrected chi connectivity index (χ1v) is 22.8. The van der Waals surface area contributed by atoms with Crippen molar-refractivity contribution in [2.45, 2.75) is 70.6 Å². The van der Waals surface area contributed by atoms with Gasteiger partial charge in [-0.1, -0.05) is 150 Å².